The van der Waals surface area contributed by atoms with Gasteiger partial charge in [0.25, 0.3) is 0 Å². The minimum Gasteiger partial charge on any atom is -0.351 e. The number of nitrogens with two attached hydrogens (primary N) is 1. The van der Waals surface area contributed by atoms with Gasteiger partial charge in [0.1, 0.15) is 5.82 Å². The zero-order valence-corrected chi connectivity index (χ0v) is 12.1. The van der Waals surface area contributed by atoms with Crippen LogP contribution < -0.4 is 5.73 Å². The molecule has 0 saturated carbocycles. The van der Waals surface area contributed by atoms with Crippen LogP contribution in [0.3, 0.4) is 0 Å². The number of amides is 1. The number of imidazole rings is 1. The lowest BCUT2D eigenvalue weighted by Crippen LogP contribution is -2.22. The van der Waals surface area contributed by atoms with Gasteiger partial charge in [0.15, 0.2) is 0 Å². The topological polar surface area (TPSA) is 73.8 Å². The van der Waals surface area contributed by atoms with Crippen LogP contribution in [-0.2, 0) is 0 Å². The molecule has 2 heterocycles. The third-order valence-electron chi connectivity index (χ3n) is 3.19. The van der Waals surface area contributed by atoms with Crippen molar-refractivity contribution >= 4 is 6.03 Å². The van der Waals surface area contributed by atoms with Crippen LogP contribution in [0.15, 0.2) is 30.7 Å². The van der Waals surface area contributed by atoms with Crippen molar-refractivity contribution < 1.29 is 4.79 Å². The third-order valence-corrected chi connectivity index (χ3v) is 3.19. The molecule has 20 heavy (non-hydrogen) atoms. The van der Waals surface area contributed by atoms with Gasteiger partial charge in [-0.05, 0) is 24.5 Å². The van der Waals surface area contributed by atoms with Crippen molar-refractivity contribution in [3.8, 4) is 11.3 Å². The molecule has 1 atom stereocenters. The van der Waals surface area contributed by atoms with Crippen molar-refractivity contribution in [3.05, 3.63) is 36.5 Å². The minimum atomic E-state index is -0.502. The highest BCUT2D eigenvalue weighted by Gasteiger charge is 2.19. The Hall–Kier alpha value is -2.17. The minimum absolute atomic E-state index is 0.174. The fourth-order valence-corrected chi connectivity index (χ4v) is 2.38. The van der Waals surface area contributed by atoms with Crippen LogP contribution in [0.25, 0.3) is 11.3 Å². The number of hydrogen-bond acceptors (Lipinski definition) is 3. The van der Waals surface area contributed by atoms with E-state index in [9.17, 15) is 4.79 Å². The smallest absolute Gasteiger partial charge is 0.324 e. The molecule has 0 saturated heterocycles. The Morgan fingerprint density at radius 3 is 2.70 bits per heavy atom. The van der Waals surface area contributed by atoms with Crippen LogP contribution in [0.1, 0.15) is 38.9 Å². The summed E-state index contributed by atoms with van der Waals surface area (Å²) < 4.78 is 1.44. The van der Waals surface area contributed by atoms with Gasteiger partial charge >= 0.3 is 6.03 Å². The van der Waals surface area contributed by atoms with E-state index in [1.807, 2.05) is 12.1 Å². The second-order valence-electron chi connectivity index (χ2n) is 5.46. The molecule has 5 heteroatoms. The van der Waals surface area contributed by atoms with Gasteiger partial charge < -0.3 is 5.73 Å². The number of aromatic nitrogens is 3. The van der Waals surface area contributed by atoms with E-state index in [1.165, 1.54) is 4.57 Å². The lowest BCUT2D eigenvalue weighted by Gasteiger charge is -2.13. The monoisotopic (exact) mass is 272 g/mol. The summed E-state index contributed by atoms with van der Waals surface area (Å²) in [6, 6.07) is 3.26. The molecule has 2 aromatic rings. The molecule has 0 aliphatic carbocycles. The van der Waals surface area contributed by atoms with E-state index >= 15 is 0 Å². The van der Waals surface area contributed by atoms with Gasteiger partial charge in [0, 0.05) is 30.1 Å². The maximum Gasteiger partial charge on any atom is 0.324 e. The highest BCUT2D eigenvalue weighted by molar-refractivity contribution is 5.77. The second-order valence-corrected chi connectivity index (χ2v) is 5.46. The lowest BCUT2D eigenvalue weighted by molar-refractivity contribution is 0.249. The molecular weight excluding hydrogens is 252 g/mol. The molecule has 2 N–H and O–H groups in total. The normalized spacial score (nSPS) is 12.6. The van der Waals surface area contributed by atoms with Crippen LogP contribution in [0.2, 0.25) is 0 Å². The Labute approximate surface area is 118 Å². The van der Waals surface area contributed by atoms with Gasteiger partial charge in [-0.25, -0.2) is 9.78 Å². The van der Waals surface area contributed by atoms with Crippen LogP contribution in [0.5, 0.6) is 0 Å². The number of carbonyl (C=O) groups excluding carboxylic acids is 1. The maximum absolute atomic E-state index is 11.6. The summed E-state index contributed by atoms with van der Waals surface area (Å²) in [5.41, 5.74) is 7.05. The molecule has 2 aromatic heterocycles. The van der Waals surface area contributed by atoms with E-state index in [0.29, 0.717) is 11.7 Å². The molecule has 1 unspecified atom stereocenters. The number of rotatable bonds is 4. The lowest BCUT2D eigenvalue weighted by atomic mass is 9.98. The van der Waals surface area contributed by atoms with Gasteiger partial charge in [0.05, 0.1) is 5.69 Å². The summed E-state index contributed by atoms with van der Waals surface area (Å²) in [5, 5.41) is 0. The summed E-state index contributed by atoms with van der Waals surface area (Å²) >= 11 is 0. The zero-order chi connectivity index (χ0) is 14.7. The molecule has 2 rings (SSSR count). The quantitative estimate of drug-likeness (QED) is 0.929. The number of primary amides is 1. The van der Waals surface area contributed by atoms with E-state index < -0.39 is 6.03 Å². The van der Waals surface area contributed by atoms with E-state index in [-0.39, 0.29) is 5.92 Å². The van der Waals surface area contributed by atoms with E-state index in [1.54, 1.807) is 18.6 Å². The standard InChI is InChI=1S/C15H20N4O/c1-10(2)7-11(3)14-18-13(9-19(14)15(16)20)12-5-4-6-17-8-12/h4-6,8-11H,7H2,1-3H3,(H2,16,20). The molecule has 0 bridgehead atoms. The van der Waals surface area contributed by atoms with Gasteiger partial charge in [-0.1, -0.05) is 20.8 Å². The highest BCUT2D eigenvalue weighted by atomic mass is 16.2. The zero-order valence-electron chi connectivity index (χ0n) is 12.1. The summed E-state index contributed by atoms with van der Waals surface area (Å²) in [6.45, 7) is 6.36. The first-order valence-corrected chi connectivity index (χ1v) is 6.78. The van der Waals surface area contributed by atoms with Crippen LogP contribution in [-0.4, -0.2) is 20.6 Å². The first-order chi connectivity index (χ1) is 9.49. The first kappa shape index (κ1) is 14.2. The predicted octanol–water partition coefficient (Wildman–Crippen LogP) is 3.02. The molecule has 0 fully saturated rings. The Morgan fingerprint density at radius 1 is 1.40 bits per heavy atom. The average molecular weight is 272 g/mol. The van der Waals surface area contributed by atoms with Gasteiger partial charge in [-0.15, -0.1) is 0 Å². The molecule has 0 aliphatic rings. The number of pyridine rings is 1. The van der Waals surface area contributed by atoms with Gasteiger partial charge in [-0.2, -0.15) is 0 Å². The number of carbonyl (C=O) groups is 1. The van der Waals surface area contributed by atoms with Crippen molar-refractivity contribution in [2.24, 2.45) is 11.7 Å². The third kappa shape index (κ3) is 3.04. The molecule has 106 valence electrons. The summed E-state index contributed by atoms with van der Waals surface area (Å²) in [5.74, 6) is 1.42. The van der Waals surface area contributed by atoms with Crippen molar-refractivity contribution in [1.82, 2.24) is 14.5 Å². The fraction of sp³-hybridized carbons (Fsp3) is 0.400. The molecule has 0 spiro atoms. The Bertz CT molecular complexity index is 589. The maximum atomic E-state index is 11.6. The van der Waals surface area contributed by atoms with Crippen LogP contribution in [0.4, 0.5) is 4.79 Å². The molecular formula is C15H20N4O. The van der Waals surface area contributed by atoms with Crippen LogP contribution >= 0.6 is 0 Å². The number of hydrogen-bond donors (Lipinski definition) is 1. The largest absolute Gasteiger partial charge is 0.351 e. The highest BCUT2D eigenvalue weighted by Crippen LogP contribution is 2.26. The Morgan fingerprint density at radius 2 is 2.15 bits per heavy atom. The summed E-state index contributed by atoms with van der Waals surface area (Å²) in [7, 11) is 0. The van der Waals surface area contributed by atoms with Crippen molar-refractivity contribution in [2.75, 3.05) is 0 Å². The van der Waals surface area contributed by atoms with E-state index in [2.05, 4.69) is 30.7 Å². The predicted molar refractivity (Wildman–Crippen MR) is 78.3 cm³/mol. The number of nitrogens with zero attached hydrogens (tertiary/aromatic N) is 3. The fourth-order valence-electron chi connectivity index (χ4n) is 2.38. The SMILES string of the molecule is CC(C)CC(C)c1nc(-c2cccnc2)cn1C(N)=O. The van der Waals surface area contributed by atoms with Crippen molar-refractivity contribution in [3.63, 3.8) is 0 Å². The Balaban J connectivity index is 2.41. The molecule has 0 radical (unpaired) electrons. The van der Waals surface area contributed by atoms with Crippen LogP contribution in [0, 0.1) is 5.92 Å². The Kier molecular flexibility index (Phi) is 4.17. The van der Waals surface area contributed by atoms with Gasteiger partial charge in [0.2, 0.25) is 0 Å². The molecule has 0 aromatic carbocycles. The molecule has 0 aliphatic heterocycles. The second kappa shape index (κ2) is 5.86. The van der Waals surface area contributed by atoms with E-state index in [0.717, 1.165) is 17.7 Å². The van der Waals surface area contributed by atoms with Crippen molar-refractivity contribution in [2.45, 2.75) is 33.1 Å². The van der Waals surface area contributed by atoms with Gasteiger partial charge in [-0.3, -0.25) is 9.55 Å². The molecule has 5 nitrogen and oxygen atoms in total. The van der Waals surface area contributed by atoms with Crippen molar-refractivity contribution in [1.29, 1.82) is 0 Å². The molecule has 1 amide bonds. The summed E-state index contributed by atoms with van der Waals surface area (Å²) in [6.07, 6.45) is 6.07. The average Bonchev–Trinajstić information content (AvgIpc) is 2.84. The first-order valence-electron chi connectivity index (χ1n) is 6.78. The van der Waals surface area contributed by atoms with E-state index in [4.69, 9.17) is 5.73 Å². The summed E-state index contributed by atoms with van der Waals surface area (Å²) in [4.78, 5) is 20.2.